The molecule has 0 unspecified atom stereocenters. The van der Waals surface area contributed by atoms with Crippen LogP contribution in [0.5, 0.6) is 0 Å². The molecule has 1 amide bonds. The lowest BCUT2D eigenvalue weighted by Gasteiger charge is -2.04. The number of nitrogens with zero attached hydrogens (tertiary/aromatic N) is 1. The van der Waals surface area contributed by atoms with Crippen LogP contribution in [0.1, 0.15) is 47.3 Å². The van der Waals surface area contributed by atoms with Crippen molar-refractivity contribution in [2.45, 2.75) is 26.2 Å². The number of carbonyl (C=O) groups is 1. The Labute approximate surface area is 157 Å². The van der Waals surface area contributed by atoms with Gasteiger partial charge in [0.2, 0.25) is 0 Å². The van der Waals surface area contributed by atoms with E-state index in [-0.39, 0.29) is 11.7 Å². The first-order chi connectivity index (χ1) is 13.1. The molecule has 0 spiro atoms. The number of hydrogen-bond acceptors (Lipinski definition) is 4. The highest BCUT2D eigenvalue weighted by molar-refractivity contribution is 6.02. The van der Waals surface area contributed by atoms with Crippen LogP contribution in [0.2, 0.25) is 0 Å². The van der Waals surface area contributed by atoms with E-state index >= 15 is 0 Å². The molecule has 0 aliphatic heterocycles. The van der Waals surface area contributed by atoms with Gasteiger partial charge < -0.3 is 14.2 Å². The van der Waals surface area contributed by atoms with Crippen LogP contribution in [0.25, 0.3) is 11.1 Å². The standard InChI is InChI=1S/C22H20N2O3/c1-14(2)16-7-10-19-18(13-16)24-21(27-19)12-15-5-8-17(9-6-15)23-22(25)20-4-3-11-26-20/h3-11,13-14H,12H2,1-2H3,(H,23,25). The molecule has 0 atom stereocenters. The third-order valence-electron chi connectivity index (χ3n) is 4.43. The minimum absolute atomic E-state index is 0.271. The van der Waals surface area contributed by atoms with Crippen molar-refractivity contribution in [2.75, 3.05) is 5.32 Å². The molecule has 0 radical (unpaired) electrons. The second-order valence-electron chi connectivity index (χ2n) is 6.79. The van der Waals surface area contributed by atoms with E-state index < -0.39 is 0 Å². The van der Waals surface area contributed by atoms with Crippen LogP contribution in [0.4, 0.5) is 5.69 Å². The molecule has 0 saturated carbocycles. The summed E-state index contributed by atoms with van der Waals surface area (Å²) in [5.41, 5.74) is 4.70. The smallest absolute Gasteiger partial charge is 0.291 e. The molecule has 2 aromatic carbocycles. The van der Waals surface area contributed by atoms with Crippen LogP contribution >= 0.6 is 0 Å². The SMILES string of the molecule is CC(C)c1ccc2oc(Cc3ccc(NC(=O)c4ccco4)cc3)nc2c1. The van der Waals surface area contributed by atoms with Crippen LogP contribution in [0, 0.1) is 0 Å². The lowest BCUT2D eigenvalue weighted by Crippen LogP contribution is -2.10. The van der Waals surface area contributed by atoms with Crippen LogP contribution in [0.3, 0.4) is 0 Å². The fourth-order valence-corrected chi connectivity index (χ4v) is 2.91. The maximum Gasteiger partial charge on any atom is 0.291 e. The Hall–Kier alpha value is -3.34. The Morgan fingerprint density at radius 3 is 2.63 bits per heavy atom. The van der Waals surface area contributed by atoms with Crippen LogP contribution in [-0.4, -0.2) is 10.9 Å². The number of rotatable bonds is 5. The van der Waals surface area contributed by atoms with E-state index in [4.69, 9.17) is 8.83 Å². The third kappa shape index (κ3) is 3.77. The average Bonchev–Trinajstić information content (AvgIpc) is 3.32. The summed E-state index contributed by atoms with van der Waals surface area (Å²) in [5, 5.41) is 2.80. The minimum Gasteiger partial charge on any atom is -0.459 e. The van der Waals surface area contributed by atoms with E-state index in [0.29, 0.717) is 23.9 Å². The molecule has 2 aromatic heterocycles. The molecular weight excluding hydrogens is 340 g/mol. The van der Waals surface area contributed by atoms with Crippen LogP contribution in [-0.2, 0) is 6.42 Å². The maximum atomic E-state index is 12.0. The molecule has 27 heavy (non-hydrogen) atoms. The lowest BCUT2D eigenvalue weighted by atomic mass is 10.0. The zero-order chi connectivity index (χ0) is 18.8. The van der Waals surface area contributed by atoms with E-state index in [1.54, 1.807) is 12.1 Å². The molecule has 4 aromatic rings. The topological polar surface area (TPSA) is 68.3 Å². The van der Waals surface area contributed by atoms with Crippen LogP contribution < -0.4 is 5.32 Å². The summed E-state index contributed by atoms with van der Waals surface area (Å²) < 4.78 is 10.9. The summed E-state index contributed by atoms with van der Waals surface area (Å²) in [7, 11) is 0. The summed E-state index contributed by atoms with van der Waals surface area (Å²) in [6, 6.07) is 17.1. The highest BCUT2D eigenvalue weighted by atomic mass is 16.3. The molecule has 5 nitrogen and oxygen atoms in total. The Kier molecular flexibility index (Phi) is 4.50. The van der Waals surface area contributed by atoms with Crippen molar-refractivity contribution in [3.8, 4) is 0 Å². The van der Waals surface area contributed by atoms with Crippen molar-refractivity contribution >= 4 is 22.7 Å². The summed E-state index contributed by atoms with van der Waals surface area (Å²) >= 11 is 0. The van der Waals surface area contributed by atoms with Gasteiger partial charge in [0.15, 0.2) is 17.2 Å². The Balaban J connectivity index is 1.46. The number of amides is 1. The van der Waals surface area contributed by atoms with Crippen molar-refractivity contribution in [2.24, 2.45) is 0 Å². The highest BCUT2D eigenvalue weighted by Gasteiger charge is 2.11. The second kappa shape index (κ2) is 7.11. The molecule has 0 fully saturated rings. The molecule has 0 saturated heterocycles. The van der Waals surface area contributed by atoms with Gasteiger partial charge in [0.1, 0.15) is 5.52 Å². The summed E-state index contributed by atoms with van der Waals surface area (Å²) in [5.74, 6) is 1.15. The number of nitrogens with one attached hydrogen (secondary N) is 1. The molecule has 0 aliphatic carbocycles. The number of oxazole rings is 1. The van der Waals surface area contributed by atoms with E-state index in [1.807, 2.05) is 30.3 Å². The normalized spacial score (nSPS) is 11.2. The minimum atomic E-state index is -0.271. The quantitative estimate of drug-likeness (QED) is 0.518. The van der Waals surface area contributed by atoms with E-state index in [2.05, 4.69) is 36.3 Å². The zero-order valence-electron chi connectivity index (χ0n) is 15.2. The predicted octanol–water partition coefficient (Wildman–Crippen LogP) is 5.39. The van der Waals surface area contributed by atoms with Gasteiger partial charge in [-0.2, -0.15) is 0 Å². The molecule has 0 bridgehead atoms. The maximum absolute atomic E-state index is 12.0. The van der Waals surface area contributed by atoms with Crippen molar-refractivity contribution in [1.29, 1.82) is 0 Å². The largest absolute Gasteiger partial charge is 0.459 e. The van der Waals surface area contributed by atoms with Gasteiger partial charge in [-0.15, -0.1) is 0 Å². The Morgan fingerprint density at radius 1 is 1.11 bits per heavy atom. The van der Waals surface area contributed by atoms with E-state index in [0.717, 1.165) is 16.7 Å². The van der Waals surface area contributed by atoms with Crippen molar-refractivity contribution in [3.05, 3.63) is 83.6 Å². The molecule has 1 N–H and O–H groups in total. The molecular formula is C22H20N2O3. The highest BCUT2D eigenvalue weighted by Crippen LogP contribution is 2.23. The van der Waals surface area contributed by atoms with E-state index in [9.17, 15) is 4.79 Å². The zero-order valence-corrected chi connectivity index (χ0v) is 15.2. The number of aromatic nitrogens is 1. The van der Waals surface area contributed by atoms with Gasteiger partial charge in [-0.1, -0.05) is 32.0 Å². The molecule has 4 rings (SSSR count). The van der Waals surface area contributed by atoms with Crippen LogP contribution in [0.15, 0.2) is 69.7 Å². The Morgan fingerprint density at radius 2 is 1.93 bits per heavy atom. The first-order valence-corrected chi connectivity index (χ1v) is 8.91. The van der Waals surface area contributed by atoms with E-state index in [1.165, 1.54) is 11.8 Å². The van der Waals surface area contributed by atoms with Gasteiger partial charge in [-0.3, -0.25) is 4.79 Å². The lowest BCUT2D eigenvalue weighted by molar-refractivity contribution is 0.0996. The number of fused-ring (bicyclic) bond motifs is 1. The van der Waals surface area contributed by atoms with Crippen molar-refractivity contribution in [1.82, 2.24) is 4.98 Å². The molecule has 136 valence electrons. The molecule has 5 heteroatoms. The number of anilines is 1. The summed E-state index contributed by atoms with van der Waals surface area (Å²) in [6.45, 7) is 4.32. The fraction of sp³-hybridized carbons (Fsp3) is 0.182. The molecule has 0 aliphatic rings. The molecule has 2 heterocycles. The van der Waals surface area contributed by atoms with Gasteiger partial charge in [-0.25, -0.2) is 4.98 Å². The predicted molar refractivity (Wildman–Crippen MR) is 104 cm³/mol. The second-order valence-corrected chi connectivity index (χ2v) is 6.79. The van der Waals surface area contributed by atoms with Gasteiger partial charge in [0, 0.05) is 12.1 Å². The first-order valence-electron chi connectivity index (χ1n) is 8.91. The number of hydrogen-bond donors (Lipinski definition) is 1. The summed E-state index contributed by atoms with van der Waals surface area (Å²) in [6.07, 6.45) is 2.07. The fourth-order valence-electron chi connectivity index (χ4n) is 2.91. The Bertz CT molecular complexity index is 1060. The van der Waals surface area contributed by atoms with Crippen molar-refractivity contribution < 1.29 is 13.6 Å². The van der Waals surface area contributed by atoms with Gasteiger partial charge >= 0.3 is 0 Å². The number of carbonyl (C=O) groups excluding carboxylic acids is 1. The van der Waals surface area contributed by atoms with Crippen molar-refractivity contribution in [3.63, 3.8) is 0 Å². The number of furan rings is 1. The van der Waals surface area contributed by atoms with Gasteiger partial charge in [0.25, 0.3) is 5.91 Å². The van der Waals surface area contributed by atoms with Gasteiger partial charge in [-0.05, 0) is 53.4 Å². The first kappa shape index (κ1) is 17.1. The average molecular weight is 360 g/mol. The third-order valence-corrected chi connectivity index (χ3v) is 4.43. The summed E-state index contributed by atoms with van der Waals surface area (Å²) in [4.78, 5) is 16.6. The number of benzene rings is 2. The monoisotopic (exact) mass is 360 g/mol. The van der Waals surface area contributed by atoms with Gasteiger partial charge in [0.05, 0.1) is 6.26 Å².